The monoisotopic (exact) mass is 548 g/mol. The Morgan fingerprint density at radius 1 is 1.15 bits per heavy atom. The van der Waals surface area contributed by atoms with Gasteiger partial charge in [-0.1, -0.05) is 6.07 Å². The van der Waals surface area contributed by atoms with E-state index in [1.165, 1.54) is 4.90 Å². The van der Waals surface area contributed by atoms with E-state index < -0.39 is 24.5 Å². The maximum atomic E-state index is 12.9. The Bertz CT molecular complexity index is 1170. The number of nitrogens with one attached hydrogen (secondary N) is 1. The molecule has 2 aliphatic heterocycles. The number of aliphatic hydroxyl groups excluding tert-OH is 1. The lowest BCUT2D eigenvalue weighted by atomic mass is 10.00. The van der Waals surface area contributed by atoms with Gasteiger partial charge in [0.2, 0.25) is 5.88 Å². The third-order valence-electron chi connectivity index (χ3n) is 7.66. The number of likely N-dealkylation sites (tertiary alicyclic amines) is 1. The van der Waals surface area contributed by atoms with Gasteiger partial charge in [0, 0.05) is 50.8 Å². The number of urea groups is 1. The largest absolute Gasteiger partial charge is 0.474 e. The van der Waals surface area contributed by atoms with E-state index in [9.17, 15) is 23.1 Å². The first-order chi connectivity index (χ1) is 18.6. The smallest absolute Gasteiger partial charge is 0.389 e. The molecule has 39 heavy (non-hydrogen) atoms. The maximum absolute atomic E-state index is 12.9. The molecule has 1 aromatic carbocycles. The Labute approximate surface area is 226 Å². The molecule has 8 nitrogen and oxygen atoms in total. The summed E-state index contributed by atoms with van der Waals surface area (Å²) in [7, 11) is 0. The number of alkyl halides is 3. The summed E-state index contributed by atoms with van der Waals surface area (Å²) in [4.78, 5) is 21.2. The van der Waals surface area contributed by atoms with Crippen LogP contribution >= 0.6 is 0 Å². The van der Waals surface area contributed by atoms with Crippen LogP contribution in [0.5, 0.6) is 5.88 Å². The fraction of sp³-hybridized carbons (Fsp3) is 0.571. The lowest BCUT2D eigenvalue weighted by Crippen LogP contribution is -2.36. The molecule has 1 saturated carbocycles. The second-order valence-corrected chi connectivity index (χ2v) is 10.7. The minimum atomic E-state index is -4.23. The molecule has 2 aromatic rings. The molecule has 0 unspecified atom stereocenters. The standard InChI is InChI=1S/C28H35F3N4O4/c1-18-2-3-21(32-27(37)35-7-6-19(17-35)16-28(29,30)31)14-24(18)20-12-25(34-8-10-38-11-9-34)33-26(13-20)39-23-5-4-22(36)15-23/h2-3,12-14,19,22-23,36H,4-11,15-17H2,1H3,(H,32,37)/t19-,22+,23+/m0/s1. The first kappa shape index (κ1) is 27.5. The van der Waals surface area contributed by atoms with Gasteiger partial charge in [0.05, 0.1) is 19.3 Å². The Balaban J connectivity index is 1.36. The number of rotatable bonds is 6. The Kier molecular flexibility index (Phi) is 8.18. The maximum Gasteiger partial charge on any atom is 0.389 e. The highest BCUT2D eigenvalue weighted by Gasteiger charge is 2.36. The molecule has 0 bridgehead atoms. The number of morpholine rings is 1. The number of nitrogens with zero attached hydrogens (tertiary/aromatic N) is 3. The second-order valence-electron chi connectivity index (χ2n) is 10.7. The minimum absolute atomic E-state index is 0.0912. The van der Waals surface area contributed by atoms with Crippen LogP contribution in [0.3, 0.4) is 0 Å². The summed E-state index contributed by atoms with van der Waals surface area (Å²) in [5.41, 5.74) is 3.31. The van der Waals surface area contributed by atoms with Crippen molar-refractivity contribution < 1.29 is 32.5 Å². The number of amides is 2. The van der Waals surface area contributed by atoms with Crippen LogP contribution in [0.15, 0.2) is 30.3 Å². The summed E-state index contributed by atoms with van der Waals surface area (Å²) >= 11 is 0. The van der Waals surface area contributed by atoms with E-state index in [0.29, 0.717) is 63.7 Å². The summed E-state index contributed by atoms with van der Waals surface area (Å²) < 4.78 is 50.0. The average Bonchev–Trinajstić information content (AvgIpc) is 3.53. The van der Waals surface area contributed by atoms with Gasteiger partial charge in [0.1, 0.15) is 11.9 Å². The molecule has 5 rings (SSSR count). The summed E-state index contributed by atoms with van der Waals surface area (Å²) in [6, 6.07) is 9.05. The van der Waals surface area contributed by atoms with Crippen molar-refractivity contribution in [1.82, 2.24) is 9.88 Å². The quantitative estimate of drug-likeness (QED) is 0.529. The van der Waals surface area contributed by atoms with Crippen LogP contribution in [-0.2, 0) is 4.74 Å². The molecule has 11 heteroatoms. The SMILES string of the molecule is Cc1ccc(NC(=O)N2CC[C@@H](CC(F)(F)F)C2)cc1-c1cc(O[C@@H]2CC[C@@H](O)C2)nc(N2CCOCC2)c1. The highest BCUT2D eigenvalue weighted by Crippen LogP contribution is 2.34. The van der Waals surface area contributed by atoms with Crippen LogP contribution in [0.1, 0.15) is 37.7 Å². The number of halogens is 3. The number of carbonyl (C=O) groups excluding carboxylic acids is 1. The number of aryl methyl sites for hydroxylation is 1. The number of anilines is 2. The zero-order valence-electron chi connectivity index (χ0n) is 22.0. The van der Waals surface area contributed by atoms with E-state index in [2.05, 4.69) is 10.2 Å². The van der Waals surface area contributed by atoms with Crippen molar-refractivity contribution in [3.63, 3.8) is 0 Å². The van der Waals surface area contributed by atoms with Crippen molar-refractivity contribution in [3.05, 3.63) is 35.9 Å². The molecule has 2 amide bonds. The van der Waals surface area contributed by atoms with Crippen LogP contribution in [0.2, 0.25) is 0 Å². The third-order valence-corrected chi connectivity index (χ3v) is 7.66. The predicted octanol–water partition coefficient (Wildman–Crippen LogP) is 4.99. The molecule has 0 radical (unpaired) electrons. The van der Waals surface area contributed by atoms with Gasteiger partial charge in [-0.25, -0.2) is 4.79 Å². The highest BCUT2D eigenvalue weighted by atomic mass is 19.4. The summed E-state index contributed by atoms with van der Waals surface area (Å²) in [6.45, 7) is 5.00. The van der Waals surface area contributed by atoms with Crippen LogP contribution in [0.25, 0.3) is 11.1 Å². The number of hydrogen-bond donors (Lipinski definition) is 2. The Morgan fingerprint density at radius 3 is 2.67 bits per heavy atom. The van der Waals surface area contributed by atoms with Gasteiger partial charge in [0.25, 0.3) is 0 Å². The molecular formula is C28H35F3N4O4. The number of pyridine rings is 1. The van der Waals surface area contributed by atoms with Gasteiger partial charge >= 0.3 is 12.2 Å². The zero-order valence-corrected chi connectivity index (χ0v) is 22.0. The molecule has 0 spiro atoms. The lowest BCUT2D eigenvalue weighted by molar-refractivity contribution is -0.143. The van der Waals surface area contributed by atoms with Crippen LogP contribution in [-0.4, -0.2) is 78.8 Å². The molecule has 2 saturated heterocycles. The predicted molar refractivity (Wildman–Crippen MR) is 141 cm³/mol. The van der Waals surface area contributed by atoms with Gasteiger partial charge in [0.15, 0.2) is 0 Å². The molecule has 3 atom stereocenters. The van der Waals surface area contributed by atoms with Crippen molar-refractivity contribution in [3.8, 4) is 17.0 Å². The lowest BCUT2D eigenvalue weighted by Gasteiger charge is -2.29. The van der Waals surface area contributed by atoms with E-state index in [1.807, 2.05) is 31.2 Å². The molecule has 2 N–H and O–H groups in total. The molecule has 3 heterocycles. The topological polar surface area (TPSA) is 87.2 Å². The molecule has 212 valence electrons. The molecule has 1 aliphatic carbocycles. The van der Waals surface area contributed by atoms with Gasteiger partial charge < -0.3 is 29.7 Å². The summed E-state index contributed by atoms with van der Waals surface area (Å²) in [5, 5.41) is 12.8. The number of aromatic nitrogens is 1. The van der Waals surface area contributed by atoms with Crippen LogP contribution < -0.4 is 15.0 Å². The molecule has 1 aromatic heterocycles. The van der Waals surface area contributed by atoms with Crippen LogP contribution in [0.4, 0.5) is 29.5 Å². The summed E-state index contributed by atoms with van der Waals surface area (Å²) in [6.07, 6.45) is -3.19. The fourth-order valence-electron chi connectivity index (χ4n) is 5.58. The van der Waals surface area contributed by atoms with E-state index in [-0.39, 0.29) is 18.8 Å². The minimum Gasteiger partial charge on any atom is -0.474 e. The van der Waals surface area contributed by atoms with Crippen molar-refractivity contribution in [1.29, 1.82) is 0 Å². The van der Waals surface area contributed by atoms with Crippen LogP contribution in [0, 0.1) is 12.8 Å². The third kappa shape index (κ3) is 7.13. The normalized spacial score (nSPS) is 23.8. The first-order valence-corrected chi connectivity index (χ1v) is 13.6. The number of ether oxygens (including phenoxy) is 2. The number of hydrogen-bond acceptors (Lipinski definition) is 6. The summed E-state index contributed by atoms with van der Waals surface area (Å²) in [5.74, 6) is 0.680. The van der Waals surface area contributed by atoms with E-state index in [0.717, 1.165) is 28.9 Å². The van der Waals surface area contributed by atoms with E-state index in [4.69, 9.17) is 14.5 Å². The van der Waals surface area contributed by atoms with E-state index in [1.54, 1.807) is 6.07 Å². The Hall–Kier alpha value is -3.05. The molecule has 3 fully saturated rings. The van der Waals surface area contributed by atoms with Gasteiger partial charge in [-0.3, -0.25) is 0 Å². The average molecular weight is 549 g/mol. The number of aliphatic hydroxyl groups is 1. The highest BCUT2D eigenvalue weighted by molar-refractivity contribution is 5.90. The number of carbonyl (C=O) groups is 1. The van der Waals surface area contributed by atoms with Gasteiger partial charge in [-0.2, -0.15) is 18.2 Å². The van der Waals surface area contributed by atoms with Gasteiger partial charge in [-0.05, 0) is 67.0 Å². The fourth-order valence-corrected chi connectivity index (χ4v) is 5.58. The molecule has 3 aliphatic rings. The molecular weight excluding hydrogens is 513 g/mol. The first-order valence-electron chi connectivity index (χ1n) is 13.6. The van der Waals surface area contributed by atoms with Crippen molar-refractivity contribution in [2.75, 3.05) is 49.6 Å². The van der Waals surface area contributed by atoms with Gasteiger partial charge in [-0.15, -0.1) is 0 Å². The van der Waals surface area contributed by atoms with Crippen molar-refractivity contribution in [2.24, 2.45) is 5.92 Å². The number of benzene rings is 1. The van der Waals surface area contributed by atoms with Crippen molar-refractivity contribution in [2.45, 2.75) is 57.4 Å². The van der Waals surface area contributed by atoms with Crippen molar-refractivity contribution >= 4 is 17.5 Å². The van der Waals surface area contributed by atoms with E-state index >= 15 is 0 Å². The zero-order chi connectivity index (χ0) is 27.6. The second kappa shape index (κ2) is 11.6. The Morgan fingerprint density at radius 2 is 1.95 bits per heavy atom.